The van der Waals surface area contributed by atoms with E-state index in [0.29, 0.717) is 11.8 Å². The molecular weight excluding hydrogens is 338 g/mol. The highest BCUT2D eigenvalue weighted by Gasteiger charge is 2.07. The largest absolute Gasteiger partial charge is 0.439 e. The van der Waals surface area contributed by atoms with E-state index in [2.05, 4.69) is 27.8 Å². The minimum Gasteiger partial charge on any atom is -0.439 e. The van der Waals surface area contributed by atoms with E-state index in [1.54, 1.807) is 0 Å². The van der Waals surface area contributed by atoms with Crippen LogP contribution in [0.5, 0.6) is 11.6 Å². The fraction of sp³-hybridized carbons (Fsp3) is 0.312. The highest BCUT2D eigenvalue weighted by molar-refractivity contribution is 9.10. The SMILES string of the molecule is CCCc1cc(CCl)cc(Oc2ccc(Br)cc2C)n1. The third-order valence-electron chi connectivity index (χ3n) is 2.93. The summed E-state index contributed by atoms with van der Waals surface area (Å²) in [4.78, 5) is 4.54. The van der Waals surface area contributed by atoms with E-state index in [1.807, 2.05) is 37.3 Å². The maximum absolute atomic E-state index is 5.94. The van der Waals surface area contributed by atoms with Crippen LogP contribution in [0, 0.1) is 6.92 Å². The molecule has 106 valence electrons. The minimum absolute atomic E-state index is 0.467. The lowest BCUT2D eigenvalue weighted by molar-refractivity contribution is 0.456. The van der Waals surface area contributed by atoms with Crippen molar-refractivity contribution in [2.75, 3.05) is 0 Å². The van der Waals surface area contributed by atoms with E-state index < -0.39 is 0 Å². The average molecular weight is 355 g/mol. The molecule has 0 amide bonds. The van der Waals surface area contributed by atoms with E-state index >= 15 is 0 Å². The number of pyridine rings is 1. The number of benzene rings is 1. The number of hydrogen-bond acceptors (Lipinski definition) is 2. The molecule has 1 aromatic carbocycles. The van der Waals surface area contributed by atoms with Crippen LogP contribution in [0.4, 0.5) is 0 Å². The van der Waals surface area contributed by atoms with Gasteiger partial charge in [0.25, 0.3) is 0 Å². The Morgan fingerprint density at radius 1 is 1.25 bits per heavy atom. The summed E-state index contributed by atoms with van der Waals surface area (Å²) in [5.74, 6) is 1.89. The number of alkyl halides is 1. The molecule has 1 aromatic heterocycles. The number of aromatic nitrogens is 1. The van der Waals surface area contributed by atoms with Gasteiger partial charge in [-0.15, -0.1) is 11.6 Å². The molecule has 0 saturated carbocycles. The van der Waals surface area contributed by atoms with Gasteiger partial charge in [0.2, 0.25) is 5.88 Å². The van der Waals surface area contributed by atoms with Gasteiger partial charge in [-0.1, -0.05) is 29.3 Å². The monoisotopic (exact) mass is 353 g/mol. The lowest BCUT2D eigenvalue weighted by Gasteiger charge is -2.11. The molecule has 0 N–H and O–H groups in total. The molecule has 0 atom stereocenters. The number of halogens is 2. The van der Waals surface area contributed by atoms with Crippen molar-refractivity contribution in [1.82, 2.24) is 4.98 Å². The molecule has 1 heterocycles. The number of ether oxygens (including phenoxy) is 1. The van der Waals surface area contributed by atoms with Gasteiger partial charge < -0.3 is 4.74 Å². The topological polar surface area (TPSA) is 22.1 Å². The second kappa shape index (κ2) is 7.09. The summed E-state index contributed by atoms with van der Waals surface area (Å²) in [5.41, 5.74) is 3.12. The summed E-state index contributed by atoms with van der Waals surface area (Å²) in [6, 6.07) is 9.85. The molecule has 2 nitrogen and oxygen atoms in total. The van der Waals surface area contributed by atoms with Crippen molar-refractivity contribution in [2.24, 2.45) is 0 Å². The van der Waals surface area contributed by atoms with E-state index in [4.69, 9.17) is 16.3 Å². The summed E-state index contributed by atoms with van der Waals surface area (Å²) >= 11 is 9.38. The van der Waals surface area contributed by atoms with Crippen molar-refractivity contribution in [3.63, 3.8) is 0 Å². The van der Waals surface area contributed by atoms with Gasteiger partial charge in [0.1, 0.15) is 5.75 Å². The van der Waals surface area contributed by atoms with Crippen molar-refractivity contribution in [3.8, 4) is 11.6 Å². The number of aryl methyl sites for hydroxylation is 2. The molecule has 0 radical (unpaired) electrons. The Morgan fingerprint density at radius 3 is 2.70 bits per heavy atom. The lowest BCUT2D eigenvalue weighted by Crippen LogP contribution is -1.97. The van der Waals surface area contributed by atoms with E-state index in [9.17, 15) is 0 Å². The van der Waals surface area contributed by atoms with Crippen LogP contribution in [-0.2, 0) is 12.3 Å². The summed E-state index contributed by atoms with van der Waals surface area (Å²) in [7, 11) is 0. The fourth-order valence-corrected chi connectivity index (χ4v) is 2.60. The van der Waals surface area contributed by atoms with Crippen molar-refractivity contribution in [2.45, 2.75) is 32.6 Å². The molecule has 20 heavy (non-hydrogen) atoms. The molecule has 0 unspecified atom stereocenters. The normalized spacial score (nSPS) is 10.6. The van der Waals surface area contributed by atoms with Gasteiger partial charge in [-0.25, -0.2) is 4.98 Å². The van der Waals surface area contributed by atoms with Crippen LogP contribution < -0.4 is 4.74 Å². The van der Waals surface area contributed by atoms with Gasteiger partial charge in [0, 0.05) is 22.1 Å². The van der Waals surface area contributed by atoms with Gasteiger partial charge >= 0.3 is 0 Å². The first-order chi connectivity index (χ1) is 9.62. The number of hydrogen-bond donors (Lipinski definition) is 0. The molecule has 0 aliphatic heterocycles. The maximum Gasteiger partial charge on any atom is 0.219 e. The zero-order chi connectivity index (χ0) is 14.5. The second-order valence-corrected chi connectivity index (χ2v) is 5.88. The Balaban J connectivity index is 2.29. The zero-order valence-electron chi connectivity index (χ0n) is 11.6. The maximum atomic E-state index is 5.94. The van der Waals surface area contributed by atoms with E-state index in [-0.39, 0.29) is 0 Å². The Hall–Kier alpha value is -1.06. The van der Waals surface area contributed by atoms with Crippen molar-refractivity contribution >= 4 is 27.5 Å². The quantitative estimate of drug-likeness (QED) is 0.649. The van der Waals surface area contributed by atoms with Crippen LogP contribution >= 0.6 is 27.5 Å². The molecule has 4 heteroatoms. The van der Waals surface area contributed by atoms with Gasteiger partial charge in [-0.2, -0.15) is 0 Å². The lowest BCUT2D eigenvalue weighted by atomic mass is 10.2. The first kappa shape index (κ1) is 15.3. The van der Waals surface area contributed by atoms with Crippen LogP contribution in [0.25, 0.3) is 0 Å². The minimum atomic E-state index is 0.467. The van der Waals surface area contributed by atoms with Crippen LogP contribution in [0.15, 0.2) is 34.8 Å². The molecule has 0 fully saturated rings. The van der Waals surface area contributed by atoms with Gasteiger partial charge in [0.05, 0.1) is 0 Å². The second-order valence-electron chi connectivity index (χ2n) is 4.70. The Labute approximate surface area is 133 Å². The Morgan fingerprint density at radius 2 is 2.05 bits per heavy atom. The summed E-state index contributed by atoms with van der Waals surface area (Å²) in [6.45, 7) is 4.15. The summed E-state index contributed by atoms with van der Waals surface area (Å²) in [5, 5.41) is 0. The van der Waals surface area contributed by atoms with Gasteiger partial charge in [0.15, 0.2) is 0 Å². The fourth-order valence-electron chi connectivity index (χ4n) is 1.97. The van der Waals surface area contributed by atoms with Crippen LogP contribution in [0.3, 0.4) is 0 Å². The predicted octanol–water partition coefficient (Wildman–Crippen LogP) is 5.64. The molecule has 0 aliphatic rings. The zero-order valence-corrected chi connectivity index (χ0v) is 14.0. The van der Waals surface area contributed by atoms with Crippen molar-refractivity contribution in [1.29, 1.82) is 0 Å². The van der Waals surface area contributed by atoms with Crippen LogP contribution in [0.2, 0.25) is 0 Å². The molecular formula is C16H17BrClNO. The summed E-state index contributed by atoms with van der Waals surface area (Å²) < 4.78 is 6.94. The Bertz CT molecular complexity index is 601. The highest BCUT2D eigenvalue weighted by Crippen LogP contribution is 2.27. The van der Waals surface area contributed by atoms with Crippen LogP contribution in [0.1, 0.15) is 30.2 Å². The molecule has 0 aliphatic carbocycles. The first-order valence-electron chi connectivity index (χ1n) is 6.62. The third kappa shape index (κ3) is 3.97. The third-order valence-corrected chi connectivity index (χ3v) is 3.73. The number of rotatable bonds is 5. The van der Waals surface area contributed by atoms with E-state index in [1.165, 1.54) is 0 Å². The van der Waals surface area contributed by atoms with Crippen LogP contribution in [-0.4, -0.2) is 4.98 Å². The standard InChI is InChI=1S/C16H17BrClNO/c1-3-4-14-8-12(10-18)9-16(19-14)20-15-6-5-13(17)7-11(15)2/h5-9H,3-4,10H2,1-2H3. The average Bonchev–Trinajstić information content (AvgIpc) is 2.42. The Kier molecular flexibility index (Phi) is 5.44. The van der Waals surface area contributed by atoms with Crippen molar-refractivity contribution in [3.05, 3.63) is 51.6 Å². The molecule has 2 aromatic rings. The highest BCUT2D eigenvalue weighted by atomic mass is 79.9. The molecule has 2 rings (SSSR count). The van der Waals surface area contributed by atoms with Gasteiger partial charge in [-0.05, 0) is 48.7 Å². The predicted molar refractivity (Wildman–Crippen MR) is 86.7 cm³/mol. The van der Waals surface area contributed by atoms with E-state index in [0.717, 1.165) is 39.9 Å². The van der Waals surface area contributed by atoms with Crippen molar-refractivity contribution < 1.29 is 4.74 Å². The first-order valence-corrected chi connectivity index (χ1v) is 7.95. The molecule has 0 bridgehead atoms. The number of nitrogens with zero attached hydrogens (tertiary/aromatic N) is 1. The smallest absolute Gasteiger partial charge is 0.219 e. The molecule has 0 saturated heterocycles. The summed E-state index contributed by atoms with van der Waals surface area (Å²) in [6.07, 6.45) is 1.98. The molecule has 0 spiro atoms. The van der Waals surface area contributed by atoms with Gasteiger partial charge in [-0.3, -0.25) is 0 Å².